The molecule has 2 heterocycles. The molecule has 9 heteroatoms. The highest BCUT2D eigenvalue weighted by molar-refractivity contribution is 5.73. The van der Waals surface area contributed by atoms with E-state index in [4.69, 9.17) is 9.47 Å². The average molecular weight is 442 g/mol. The molecule has 0 radical (unpaired) electrons. The zero-order valence-electron chi connectivity index (χ0n) is 18.7. The Morgan fingerprint density at radius 1 is 1.06 bits per heavy atom. The summed E-state index contributed by atoms with van der Waals surface area (Å²) in [5, 5.41) is 17.3. The van der Waals surface area contributed by atoms with Gasteiger partial charge in [0.05, 0.1) is 24.4 Å². The average Bonchev–Trinajstić information content (AvgIpc) is 3.16. The van der Waals surface area contributed by atoms with E-state index in [1.54, 1.807) is 32.4 Å². The van der Waals surface area contributed by atoms with Crippen LogP contribution in [0.1, 0.15) is 22.4 Å². The lowest BCUT2D eigenvalue weighted by molar-refractivity contribution is 0.292. The van der Waals surface area contributed by atoms with Crippen LogP contribution < -0.4 is 15.2 Å². The number of nitriles is 1. The number of rotatable bonds is 6. The molecular weight excluding hydrogens is 420 g/mol. The molecular formula is C24H22N6O3. The van der Waals surface area contributed by atoms with Crippen LogP contribution in [0.3, 0.4) is 0 Å². The molecule has 0 saturated heterocycles. The first kappa shape index (κ1) is 21.8. The normalized spacial score (nSPS) is 10.6. The minimum Gasteiger partial charge on any atom is -0.497 e. The lowest BCUT2D eigenvalue weighted by Gasteiger charge is -2.14. The lowest BCUT2D eigenvalue weighted by atomic mass is 9.99. The topological polar surface area (TPSA) is 108 Å². The molecule has 2 aromatic carbocycles. The Hall–Kier alpha value is -4.45. The second kappa shape index (κ2) is 8.96. The molecule has 0 bridgehead atoms. The molecule has 0 atom stereocenters. The number of hydrogen-bond donors (Lipinski definition) is 0. The van der Waals surface area contributed by atoms with E-state index in [-0.39, 0.29) is 12.3 Å². The van der Waals surface area contributed by atoms with E-state index in [0.29, 0.717) is 22.9 Å². The fraction of sp³-hybridized carbons (Fsp3) is 0.208. The maximum Gasteiger partial charge on any atom is 0.368 e. The Kier molecular flexibility index (Phi) is 5.91. The summed E-state index contributed by atoms with van der Waals surface area (Å²) in [7, 11) is 3.11. The molecule has 0 spiro atoms. The second-order valence-corrected chi connectivity index (χ2v) is 7.46. The van der Waals surface area contributed by atoms with Gasteiger partial charge in [0.25, 0.3) is 0 Å². The van der Waals surface area contributed by atoms with Crippen LogP contribution in [0.25, 0.3) is 16.8 Å². The van der Waals surface area contributed by atoms with Gasteiger partial charge in [-0.25, -0.2) is 9.78 Å². The molecule has 0 aliphatic heterocycles. The van der Waals surface area contributed by atoms with E-state index >= 15 is 0 Å². The number of nitrogens with zero attached hydrogens (tertiary/aromatic N) is 6. The third-order valence-corrected chi connectivity index (χ3v) is 5.40. The molecule has 2 aromatic heterocycles. The highest BCUT2D eigenvalue weighted by Gasteiger charge is 2.15. The molecule has 4 rings (SSSR count). The Labute approximate surface area is 190 Å². The molecule has 0 saturated carbocycles. The van der Waals surface area contributed by atoms with Crippen molar-refractivity contribution in [2.24, 2.45) is 7.05 Å². The number of aromatic nitrogens is 5. The van der Waals surface area contributed by atoms with E-state index < -0.39 is 0 Å². The van der Waals surface area contributed by atoms with E-state index in [2.05, 4.69) is 21.5 Å². The maximum absolute atomic E-state index is 12.3. The zero-order chi connectivity index (χ0) is 23.5. The summed E-state index contributed by atoms with van der Waals surface area (Å²) >= 11 is 0. The van der Waals surface area contributed by atoms with Gasteiger partial charge in [-0.2, -0.15) is 14.6 Å². The van der Waals surface area contributed by atoms with Crippen molar-refractivity contribution in [2.75, 3.05) is 7.11 Å². The minimum absolute atomic E-state index is 0.197. The van der Waals surface area contributed by atoms with Crippen LogP contribution in [-0.4, -0.2) is 31.9 Å². The van der Waals surface area contributed by atoms with Crippen molar-refractivity contribution < 1.29 is 9.47 Å². The van der Waals surface area contributed by atoms with Crippen LogP contribution in [-0.2, 0) is 13.7 Å². The van der Waals surface area contributed by atoms with Crippen molar-refractivity contribution >= 4 is 0 Å². The summed E-state index contributed by atoms with van der Waals surface area (Å²) in [6, 6.07) is 16.8. The molecule has 0 amide bonds. The minimum atomic E-state index is -0.340. The van der Waals surface area contributed by atoms with Gasteiger partial charge in [0.1, 0.15) is 12.4 Å². The summed E-state index contributed by atoms with van der Waals surface area (Å²) < 4.78 is 13.6. The van der Waals surface area contributed by atoms with Crippen molar-refractivity contribution in [2.45, 2.75) is 20.5 Å². The molecule has 0 aliphatic carbocycles. The smallest absolute Gasteiger partial charge is 0.368 e. The van der Waals surface area contributed by atoms with Crippen molar-refractivity contribution in [1.29, 1.82) is 5.26 Å². The Balaban J connectivity index is 1.62. The quantitative estimate of drug-likeness (QED) is 0.451. The van der Waals surface area contributed by atoms with E-state index in [0.717, 1.165) is 27.9 Å². The number of ether oxygens (including phenoxy) is 2. The van der Waals surface area contributed by atoms with Crippen LogP contribution in [0.15, 0.2) is 53.3 Å². The first-order valence-electron chi connectivity index (χ1n) is 10.2. The van der Waals surface area contributed by atoms with Gasteiger partial charge in [-0.05, 0) is 60.2 Å². The molecule has 166 valence electrons. The van der Waals surface area contributed by atoms with Crippen LogP contribution >= 0.6 is 0 Å². The third-order valence-electron chi connectivity index (χ3n) is 5.40. The summed E-state index contributed by atoms with van der Waals surface area (Å²) in [6.45, 7) is 4.01. The highest BCUT2D eigenvalue weighted by atomic mass is 16.5. The number of pyridine rings is 1. The molecule has 4 aromatic rings. The van der Waals surface area contributed by atoms with Crippen molar-refractivity contribution in [3.63, 3.8) is 0 Å². The predicted octanol–water partition coefficient (Wildman–Crippen LogP) is 3.10. The number of aryl methyl sites for hydroxylation is 3. The van der Waals surface area contributed by atoms with Gasteiger partial charge in [-0.1, -0.05) is 12.1 Å². The van der Waals surface area contributed by atoms with Crippen LogP contribution in [0.5, 0.6) is 11.6 Å². The number of methoxy groups -OCH3 is 1. The summed E-state index contributed by atoms with van der Waals surface area (Å²) in [6.07, 6.45) is 0. The van der Waals surface area contributed by atoms with Gasteiger partial charge in [-0.15, -0.1) is 0 Å². The standard InChI is InChI=1S/C24H22N6O3/c1-15-6-5-7-22(30-24(31)29(3)27-28-30)21(15)14-33-23-11-10-19(16(2)26-23)20-9-8-18(32-4)12-17(20)13-25/h5-12H,14H2,1-4H3. The highest BCUT2D eigenvalue weighted by Crippen LogP contribution is 2.30. The van der Waals surface area contributed by atoms with Gasteiger partial charge >= 0.3 is 5.69 Å². The van der Waals surface area contributed by atoms with E-state index in [1.165, 1.54) is 9.36 Å². The molecule has 33 heavy (non-hydrogen) atoms. The predicted molar refractivity (Wildman–Crippen MR) is 121 cm³/mol. The van der Waals surface area contributed by atoms with Crippen LogP contribution in [0, 0.1) is 25.2 Å². The van der Waals surface area contributed by atoms with Gasteiger partial charge in [0.15, 0.2) is 0 Å². The number of benzene rings is 2. The monoisotopic (exact) mass is 442 g/mol. The van der Waals surface area contributed by atoms with Gasteiger partial charge in [0, 0.05) is 35.5 Å². The first-order valence-corrected chi connectivity index (χ1v) is 10.2. The summed E-state index contributed by atoms with van der Waals surface area (Å²) in [4.78, 5) is 16.9. The van der Waals surface area contributed by atoms with E-state index in [1.807, 2.05) is 44.2 Å². The lowest BCUT2D eigenvalue weighted by Crippen LogP contribution is -2.23. The molecule has 9 nitrogen and oxygen atoms in total. The summed E-state index contributed by atoms with van der Waals surface area (Å²) in [5.74, 6) is 1.06. The Morgan fingerprint density at radius 2 is 1.85 bits per heavy atom. The Morgan fingerprint density at radius 3 is 2.52 bits per heavy atom. The Bertz CT molecular complexity index is 1430. The maximum atomic E-state index is 12.3. The second-order valence-electron chi connectivity index (χ2n) is 7.46. The van der Waals surface area contributed by atoms with Crippen molar-refractivity contribution in [3.8, 4) is 34.5 Å². The van der Waals surface area contributed by atoms with Gasteiger partial charge in [-0.3, -0.25) is 0 Å². The fourth-order valence-corrected chi connectivity index (χ4v) is 3.56. The zero-order valence-corrected chi connectivity index (χ0v) is 18.7. The van der Waals surface area contributed by atoms with Crippen molar-refractivity contribution in [1.82, 2.24) is 24.8 Å². The van der Waals surface area contributed by atoms with Gasteiger partial charge in [0.2, 0.25) is 5.88 Å². The molecule has 0 aliphatic rings. The summed E-state index contributed by atoms with van der Waals surface area (Å²) in [5.41, 5.74) is 4.88. The number of tetrazole rings is 1. The molecule has 0 unspecified atom stereocenters. The van der Waals surface area contributed by atoms with E-state index in [9.17, 15) is 10.1 Å². The molecule has 0 N–H and O–H groups in total. The SMILES string of the molecule is COc1ccc(-c2ccc(OCc3c(C)cccc3-n3nnn(C)c3=O)nc2C)c(C#N)c1. The first-order chi connectivity index (χ1) is 15.9. The number of hydrogen-bond acceptors (Lipinski definition) is 7. The van der Waals surface area contributed by atoms with Gasteiger partial charge < -0.3 is 9.47 Å². The third kappa shape index (κ3) is 4.19. The van der Waals surface area contributed by atoms with Crippen LogP contribution in [0.2, 0.25) is 0 Å². The van der Waals surface area contributed by atoms with Crippen LogP contribution in [0.4, 0.5) is 0 Å². The van der Waals surface area contributed by atoms with Crippen molar-refractivity contribution in [3.05, 3.63) is 81.4 Å². The fourth-order valence-electron chi connectivity index (χ4n) is 3.56. The largest absolute Gasteiger partial charge is 0.497 e. The molecule has 0 fully saturated rings.